The summed E-state index contributed by atoms with van der Waals surface area (Å²) in [6, 6.07) is 0.672. The van der Waals surface area contributed by atoms with Gasteiger partial charge in [0.15, 0.2) is 0 Å². The predicted molar refractivity (Wildman–Crippen MR) is 65.1 cm³/mol. The Hall–Kier alpha value is -0.410. The van der Waals surface area contributed by atoms with E-state index in [0.717, 1.165) is 18.9 Å². The van der Waals surface area contributed by atoms with Gasteiger partial charge in [-0.05, 0) is 32.1 Å². The summed E-state index contributed by atoms with van der Waals surface area (Å²) in [7, 11) is 0. The second-order valence-corrected chi connectivity index (χ2v) is 5.63. The summed E-state index contributed by atoms with van der Waals surface area (Å²) in [5.74, 6) is 0.920. The zero-order valence-corrected chi connectivity index (χ0v) is 10.4. The van der Waals surface area contributed by atoms with E-state index in [1.165, 1.54) is 29.1 Å². The van der Waals surface area contributed by atoms with E-state index in [4.69, 9.17) is 0 Å². The van der Waals surface area contributed by atoms with Crippen LogP contribution in [-0.4, -0.2) is 11.0 Å². The molecule has 1 heterocycles. The first-order valence-electron chi connectivity index (χ1n) is 5.96. The van der Waals surface area contributed by atoms with Crippen LogP contribution in [0.1, 0.15) is 43.0 Å². The largest absolute Gasteiger partial charge is 0.309 e. The van der Waals surface area contributed by atoms with E-state index >= 15 is 0 Å². The van der Waals surface area contributed by atoms with Crippen molar-refractivity contribution in [3.05, 3.63) is 16.1 Å². The number of hydrogen-bond acceptors (Lipinski definition) is 3. The minimum atomic E-state index is 0.672. The minimum absolute atomic E-state index is 0.672. The van der Waals surface area contributed by atoms with Gasteiger partial charge in [0.05, 0.1) is 5.01 Å². The average Bonchev–Trinajstić information content (AvgIpc) is 2.59. The van der Waals surface area contributed by atoms with Gasteiger partial charge in [-0.1, -0.05) is 13.3 Å². The number of aromatic nitrogens is 1. The predicted octanol–water partition coefficient (Wildman–Crippen LogP) is 2.98. The van der Waals surface area contributed by atoms with Gasteiger partial charge in [-0.3, -0.25) is 0 Å². The molecule has 1 fully saturated rings. The van der Waals surface area contributed by atoms with Gasteiger partial charge in [0.2, 0.25) is 0 Å². The molecule has 1 unspecified atom stereocenters. The number of nitrogens with zero attached hydrogens (tertiary/aromatic N) is 1. The molecule has 1 aliphatic rings. The molecule has 2 nitrogen and oxygen atoms in total. The number of rotatable bonds is 5. The van der Waals surface area contributed by atoms with Crippen molar-refractivity contribution in [1.29, 1.82) is 0 Å². The van der Waals surface area contributed by atoms with Crippen LogP contribution < -0.4 is 5.32 Å². The van der Waals surface area contributed by atoms with Gasteiger partial charge in [-0.2, -0.15) is 0 Å². The van der Waals surface area contributed by atoms with Crippen molar-refractivity contribution in [3.63, 3.8) is 0 Å². The number of hydrogen-bond donors (Lipinski definition) is 1. The van der Waals surface area contributed by atoms with Gasteiger partial charge in [-0.25, -0.2) is 4.98 Å². The van der Waals surface area contributed by atoms with Crippen LogP contribution >= 0.6 is 11.3 Å². The Morgan fingerprint density at radius 2 is 2.40 bits per heavy atom. The molecule has 15 heavy (non-hydrogen) atoms. The molecule has 0 aliphatic heterocycles. The van der Waals surface area contributed by atoms with Gasteiger partial charge >= 0.3 is 0 Å². The standard InChI is InChI=1S/C12H20N2S/c1-3-12-14-8-11(15-12)7-13-9(2)10-5-4-6-10/h8-10,13H,3-7H2,1-2H3. The van der Waals surface area contributed by atoms with Gasteiger partial charge in [-0.15, -0.1) is 11.3 Å². The van der Waals surface area contributed by atoms with Crippen LogP contribution in [0.25, 0.3) is 0 Å². The van der Waals surface area contributed by atoms with E-state index in [9.17, 15) is 0 Å². The Morgan fingerprint density at radius 1 is 1.60 bits per heavy atom. The third kappa shape index (κ3) is 2.79. The topological polar surface area (TPSA) is 24.9 Å². The van der Waals surface area contributed by atoms with Crippen molar-refractivity contribution in [1.82, 2.24) is 10.3 Å². The van der Waals surface area contributed by atoms with Crippen molar-refractivity contribution >= 4 is 11.3 Å². The lowest BCUT2D eigenvalue weighted by atomic mass is 9.80. The SMILES string of the molecule is CCc1ncc(CNC(C)C2CCC2)s1. The van der Waals surface area contributed by atoms with E-state index in [0.29, 0.717) is 6.04 Å². The second kappa shape index (κ2) is 5.08. The summed E-state index contributed by atoms with van der Waals surface area (Å²) >= 11 is 1.84. The summed E-state index contributed by atoms with van der Waals surface area (Å²) in [4.78, 5) is 5.74. The van der Waals surface area contributed by atoms with Crippen LogP contribution in [0.2, 0.25) is 0 Å². The third-order valence-corrected chi connectivity index (χ3v) is 4.50. The van der Waals surface area contributed by atoms with Crippen LogP contribution in [0.5, 0.6) is 0 Å². The highest BCUT2D eigenvalue weighted by molar-refractivity contribution is 7.11. The fourth-order valence-electron chi connectivity index (χ4n) is 1.96. The van der Waals surface area contributed by atoms with E-state index in [2.05, 4.69) is 24.1 Å². The highest BCUT2D eigenvalue weighted by Crippen LogP contribution is 2.29. The van der Waals surface area contributed by atoms with Gasteiger partial charge < -0.3 is 5.32 Å². The van der Waals surface area contributed by atoms with E-state index in [-0.39, 0.29) is 0 Å². The Balaban J connectivity index is 1.76. The third-order valence-electron chi connectivity index (χ3n) is 3.36. The Morgan fingerprint density at radius 3 is 2.93 bits per heavy atom. The van der Waals surface area contributed by atoms with Gasteiger partial charge in [0, 0.05) is 23.7 Å². The van der Waals surface area contributed by atoms with Crippen molar-refractivity contribution in [2.75, 3.05) is 0 Å². The summed E-state index contributed by atoms with van der Waals surface area (Å²) in [5, 5.41) is 4.86. The van der Waals surface area contributed by atoms with Crippen LogP contribution in [-0.2, 0) is 13.0 Å². The highest BCUT2D eigenvalue weighted by atomic mass is 32.1. The molecular formula is C12H20N2S. The molecule has 3 heteroatoms. The number of thiazole rings is 1. The van der Waals surface area contributed by atoms with Crippen molar-refractivity contribution < 1.29 is 0 Å². The van der Waals surface area contributed by atoms with E-state index in [1.54, 1.807) is 0 Å². The fraction of sp³-hybridized carbons (Fsp3) is 0.750. The molecule has 1 N–H and O–H groups in total. The lowest BCUT2D eigenvalue weighted by molar-refractivity contribution is 0.240. The molecule has 0 bridgehead atoms. The van der Waals surface area contributed by atoms with Crippen LogP contribution in [0.4, 0.5) is 0 Å². The first-order valence-corrected chi connectivity index (χ1v) is 6.78. The summed E-state index contributed by atoms with van der Waals surface area (Å²) in [6.07, 6.45) is 7.33. The monoisotopic (exact) mass is 224 g/mol. The first kappa shape index (κ1) is 11.1. The van der Waals surface area contributed by atoms with Crippen molar-refractivity contribution in [3.8, 4) is 0 Å². The van der Waals surface area contributed by atoms with Crippen LogP contribution in [0.15, 0.2) is 6.20 Å². The molecule has 0 aromatic carbocycles. The van der Waals surface area contributed by atoms with Crippen LogP contribution in [0, 0.1) is 5.92 Å². The summed E-state index contributed by atoms with van der Waals surface area (Å²) in [5.41, 5.74) is 0. The summed E-state index contributed by atoms with van der Waals surface area (Å²) in [6.45, 7) is 5.47. The zero-order valence-electron chi connectivity index (χ0n) is 9.62. The number of aryl methyl sites for hydroxylation is 1. The molecule has 1 aromatic rings. The van der Waals surface area contributed by atoms with Crippen molar-refractivity contribution in [2.45, 2.75) is 52.1 Å². The highest BCUT2D eigenvalue weighted by Gasteiger charge is 2.23. The smallest absolute Gasteiger partial charge is 0.0925 e. The Kier molecular flexibility index (Phi) is 3.76. The Bertz CT molecular complexity index is 304. The zero-order chi connectivity index (χ0) is 10.7. The lowest BCUT2D eigenvalue weighted by Crippen LogP contribution is -2.36. The molecule has 2 rings (SSSR count). The van der Waals surface area contributed by atoms with Gasteiger partial charge in [0.1, 0.15) is 0 Å². The summed E-state index contributed by atoms with van der Waals surface area (Å²) < 4.78 is 0. The maximum absolute atomic E-state index is 4.37. The van der Waals surface area contributed by atoms with Crippen molar-refractivity contribution in [2.24, 2.45) is 5.92 Å². The lowest BCUT2D eigenvalue weighted by Gasteiger charge is -2.31. The average molecular weight is 224 g/mol. The second-order valence-electron chi connectivity index (χ2n) is 4.43. The molecule has 1 aliphatic carbocycles. The maximum atomic E-state index is 4.37. The minimum Gasteiger partial charge on any atom is -0.309 e. The molecule has 84 valence electrons. The van der Waals surface area contributed by atoms with Gasteiger partial charge in [0.25, 0.3) is 0 Å². The molecule has 1 atom stereocenters. The molecule has 1 saturated carbocycles. The molecular weight excluding hydrogens is 204 g/mol. The molecule has 0 radical (unpaired) electrons. The maximum Gasteiger partial charge on any atom is 0.0925 e. The molecule has 1 aromatic heterocycles. The Labute approximate surface area is 96.1 Å². The van der Waals surface area contributed by atoms with E-state index in [1.807, 2.05) is 17.5 Å². The quantitative estimate of drug-likeness (QED) is 0.831. The first-order chi connectivity index (χ1) is 7.29. The fourth-order valence-corrected chi connectivity index (χ4v) is 2.77. The number of nitrogens with one attached hydrogen (secondary N) is 1. The normalized spacial score (nSPS) is 18.8. The van der Waals surface area contributed by atoms with Crippen LogP contribution in [0.3, 0.4) is 0 Å². The molecule has 0 saturated heterocycles. The van der Waals surface area contributed by atoms with E-state index < -0.39 is 0 Å². The molecule has 0 spiro atoms. The molecule has 0 amide bonds.